The zero-order valence-electron chi connectivity index (χ0n) is 11.1. The molecule has 3 N–H and O–H groups in total. The second-order valence-electron chi connectivity index (χ2n) is 4.30. The molecule has 1 heterocycles. The van der Waals surface area contributed by atoms with Crippen molar-refractivity contribution in [3.05, 3.63) is 35.8 Å². The van der Waals surface area contributed by atoms with Crippen LogP contribution in [-0.4, -0.2) is 18.2 Å². The SMILES string of the molecule is CCn1cc(S(=O)(=O)Nc2cc(F)ccc2C)c(N)n1. The first kappa shape index (κ1) is 14.3. The highest BCUT2D eigenvalue weighted by atomic mass is 32.2. The highest BCUT2D eigenvalue weighted by Crippen LogP contribution is 2.23. The Morgan fingerprint density at radius 3 is 2.75 bits per heavy atom. The van der Waals surface area contributed by atoms with E-state index < -0.39 is 15.8 Å². The number of nitrogen functional groups attached to an aromatic ring is 1. The summed E-state index contributed by atoms with van der Waals surface area (Å²) in [5.41, 5.74) is 6.38. The van der Waals surface area contributed by atoms with Crippen LogP contribution in [0.4, 0.5) is 15.9 Å². The first-order valence-electron chi connectivity index (χ1n) is 5.95. The van der Waals surface area contributed by atoms with Gasteiger partial charge in [-0.1, -0.05) is 6.07 Å². The van der Waals surface area contributed by atoms with Crippen LogP contribution >= 0.6 is 0 Å². The van der Waals surface area contributed by atoms with Gasteiger partial charge in [-0.05, 0) is 31.5 Å². The molecule has 8 heteroatoms. The predicted octanol–water partition coefficient (Wildman–Crippen LogP) is 1.73. The average Bonchev–Trinajstić information content (AvgIpc) is 2.76. The zero-order chi connectivity index (χ0) is 14.9. The van der Waals surface area contributed by atoms with Crippen molar-refractivity contribution in [1.82, 2.24) is 9.78 Å². The van der Waals surface area contributed by atoms with Crippen molar-refractivity contribution in [3.63, 3.8) is 0 Å². The lowest BCUT2D eigenvalue weighted by molar-refractivity contribution is 0.600. The lowest BCUT2D eigenvalue weighted by Crippen LogP contribution is -2.14. The molecule has 0 aliphatic carbocycles. The monoisotopic (exact) mass is 298 g/mol. The smallest absolute Gasteiger partial charge is 0.267 e. The fourth-order valence-electron chi connectivity index (χ4n) is 1.69. The Morgan fingerprint density at radius 1 is 1.45 bits per heavy atom. The first-order valence-corrected chi connectivity index (χ1v) is 7.43. The number of nitrogens with two attached hydrogens (primary N) is 1. The van der Waals surface area contributed by atoms with Gasteiger partial charge in [0.1, 0.15) is 10.7 Å². The molecule has 0 saturated heterocycles. The Bertz CT molecular complexity index is 740. The highest BCUT2D eigenvalue weighted by Gasteiger charge is 2.21. The van der Waals surface area contributed by atoms with Gasteiger partial charge in [0.15, 0.2) is 5.82 Å². The van der Waals surface area contributed by atoms with Crippen LogP contribution in [0.25, 0.3) is 0 Å². The van der Waals surface area contributed by atoms with Gasteiger partial charge in [-0.3, -0.25) is 9.40 Å². The van der Waals surface area contributed by atoms with Crippen molar-refractivity contribution < 1.29 is 12.8 Å². The Kier molecular flexibility index (Phi) is 3.67. The lowest BCUT2D eigenvalue weighted by atomic mass is 10.2. The van der Waals surface area contributed by atoms with E-state index in [1.54, 1.807) is 6.92 Å². The molecule has 1 aromatic heterocycles. The number of aryl methyl sites for hydroxylation is 2. The summed E-state index contributed by atoms with van der Waals surface area (Å²) < 4.78 is 41.4. The number of hydrogen-bond donors (Lipinski definition) is 2. The molecule has 2 rings (SSSR count). The molecule has 0 bridgehead atoms. The predicted molar refractivity (Wildman–Crippen MR) is 74.3 cm³/mol. The summed E-state index contributed by atoms with van der Waals surface area (Å²) >= 11 is 0. The fraction of sp³-hybridized carbons (Fsp3) is 0.250. The lowest BCUT2D eigenvalue weighted by Gasteiger charge is -2.09. The molecule has 1 aromatic carbocycles. The minimum absolute atomic E-state index is 0.0894. The van der Waals surface area contributed by atoms with E-state index >= 15 is 0 Å². The van der Waals surface area contributed by atoms with Gasteiger partial charge in [0.25, 0.3) is 10.0 Å². The normalized spacial score (nSPS) is 11.6. The van der Waals surface area contributed by atoms with Gasteiger partial charge < -0.3 is 5.73 Å². The van der Waals surface area contributed by atoms with Crippen LogP contribution in [-0.2, 0) is 16.6 Å². The second kappa shape index (κ2) is 5.12. The number of halogens is 1. The molecule has 0 atom stereocenters. The van der Waals surface area contributed by atoms with Crippen LogP contribution in [0.15, 0.2) is 29.3 Å². The number of hydrogen-bond acceptors (Lipinski definition) is 4. The molecule has 0 saturated carbocycles. The average molecular weight is 298 g/mol. The maximum atomic E-state index is 13.2. The fourth-order valence-corrected chi connectivity index (χ4v) is 2.89. The molecule has 6 nitrogen and oxygen atoms in total. The molecule has 0 aliphatic heterocycles. The molecule has 0 spiro atoms. The number of aromatic nitrogens is 2. The summed E-state index contributed by atoms with van der Waals surface area (Å²) in [6, 6.07) is 3.87. The molecule has 0 radical (unpaired) electrons. The number of benzene rings is 1. The summed E-state index contributed by atoms with van der Waals surface area (Å²) in [6.45, 7) is 3.99. The molecule has 108 valence electrons. The van der Waals surface area contributed by atoms with Crippen LogP contribution in [0.5, 0.6) is 0 Å². The maximum absolute atomic E-state index is 13.2. The van der Waals surface area contributed by atoms with E-state index in [0.29, 0.717) is 12.1 Å². The third-order valence-electron chi connectivity index (χ3n) is 2.81. The summed E-state index contributed by atoms with van der Waals surface area (Å²) in [4.78, 5) is -0.122. The highest BCUT2D eigenvalue weighted by molar-refractivity contribution is 7.92. The van der Waals surface area contributed by atoms with Crippen molar-refractivity contribution in [2.75, 3.05) is 10.5 Å². The minimum Gasteiger partial charge on any atom is -0.381 e. The number of sulfonamides is 1. The van der Waals surface area contributed by atoms with E-state index in [2.05, 4.69) is 9.82 Å². The van der Waals surface area contributed by atoms with E-state index in [-0.39, 0.29) is 16.4 Å². The quantitative estimate of drug-likeness (QED) is 0.899. The standard InChI is InChI=1S/C12H15FN4O2S/c1-3-17-7-11(12(14)15-17)20(18,19)16-10-6-9(13)5-4-8(10)2/h4-7,16H,3H2,1-2H3,(H2,14,15). The van der Waals surface area contributed by atoms with Crippen LogP contribution in [0.2, 0.25) is 0 Å². The number of rotatable bonds is 4. The molecule has 0 fully saturated rings. The van der Waals surface area contributed by atoms with Crippen LogP contribution in [0.1, 0.15) is 12.5 Å². The first-order chi connectivity index (χ1) is 9.33. The number of nitrogens with one attached hydrogen (secondary N) is 1. The Morgan fingerprint density at radius 2 is 2.15 bits per heavy atom. The Hall–Kier alpha value is -2.09. The van der Waals surface area contributed by atoms with E-state index in [0.717, 1.165) is 6.07 Å². The Balaban J connectivity index is 2.40. The number of anilines is 2. The van der Waals surface area contributed by atoms with Crippen molar-refractivity contribution >= 4 is 21.5 Å². The van der Waals surface area contributed by atoms with Crippen LogP contribution in [0, 0.1) is 12.7 Å². The second-order valence-corrected chi connectivity index (χ2v) is 5.95. The largest absolute Gasteiger partial charge is 0.381 e. The Labute approximate surface area is 116 Å². The molecule has 20 heavy (non-hydrogen) atoms. The van der Waals surface area contributed by atoms with Crippen molar-refractivity contribution in [1.29, 1.82) is 0 Å². The molecule has 2 aromatic rings. The number of nitrogens with zero attached hydrogens (tertiary/aromatic N) is 2. The van der Waals surface area contributed by atoms with Crippen molar-refractivity contribution in [3.8, 4) is 0 Å². The van der Waals surface area contributed by atoms with E-state index in [9.17, 15) is 12.8 Å². The molecular formula is C12H15FN4O2S. The van der Waals surface area contributed by atoms with Gasteiger partial charge in [-0.25, -0.2) is 12.8 Å². The van der Waals surface area contributed by atoms with Gasteiger partial charge >= 0.3 is 0 Å². The van der Waals surface area contributed by atoms with Gasteiger partial charge in [0.05, 0.1) is 5.69 Å². The summed E-state index contributed by atoms with van der Waals surface area (Å²) in [5.74, 6) is -0.612. The van der Waals surface area contributed by atoms with Crippen LogP contribution < -0.4 is 10.5 Å². The van der Waals surface area contributed by atoms with Gasteiger partial charge in [-0.15, -0.1) is 0 Å². The topological polar surface area (TPSA) is 90.0 Å². The van der Waals surface area contributed by atoms with E-state index in [1.807, 2.05) is 6.92 Å². The molecule has 0 amide bonds. The third kappa shape index (κ3) is 2.74. The van der Waals surface area contributed by atoms with E-state index in [1.165, 1.54) is 23.0 Å². The third-order valence-corrected chi connectivity index (χ3v) is 4.19. The summed E-state index contributed by atoms with van der Waals surface area (Å²) in [7, 11) is -3.90. The zero-order valence-corrected chi connectivity index (χ0v) is 11.9. The van der Waals surface area contributed by atoms with Gasteiger partial charge in [0.2, 0.25) is 0 Å². The maximum Gasteiger partial charge on any atom is 0.267 e. The van der Waals surface area contributed by atoms with E-state index in [4.69, 9.17) is 5.73 Å². The summed E-state index contributed by atoms with van der Waals surface area (Å²) in [6.07, 6.45) is 1.34. The van der Waals surface area contributed by atoms with Crippen LogP contribution in [0.3, 0.4) is 0 Å². The minimum atomic E-state index is -3.90. The summed E-state index contributed by atoms with van der Waals surface area (Å²) in [5, 5.41) is 3.88. The molecule has 0 aliphatic rings. The molecular weight excluding hydrogens is 283 g/mol. The van der Waals surface area contributed by atoms with Gasteiger partial charge in [0, 0.05) is 12.7 Å². The van der Waals surface area contributed by atoms with Crippen molar-refractivity contribution in [2.45, 2.75) is 25.3 Å². The molecule has 0 unspecified atom stereocenters. The van der Waals surface area contributed by atoms with Gasteiger partial charge in [-0.2, -0.15) is 5.10 Å². The van der Waals surface area contributed by atoms with Crippen molar-refractivity contribution in [2.24, 2.45) is 0 Å².